The number of hydrogen-bond donors (Lipinski definition) is 2. The van der Waals surface area contributed by atoms with Gasteiger partial charge in [0.25, 0.3) is 0 Å². The number of hydrogen-bond acceptors (Lipinski definition) is 6. The maximum Gasteiger partial charge on any atom is 0.250 e. The van der Waals surface area contributed by atoms with E-state index < -0.39 is 10.0 Å². The molecule has 1 aliphatic rings. The highest BCUT2D eigenvalue weighted by molar-refractivity contribution is 7.91. The van der Waals surface area contributed by atoms with Crippen LogP contribution in [0.25, 0.3) is 0 Å². The van der Waals surface area contributed by atoms with Crippen molar-refractivity contribution in [2.75, 3.05) is 38.6 Å². The Hall–Kier alpha value is -1.16. The van der Waals surface area contributed by atoms with Gasteiger partial charge in [0.15, 0.2) is 0 Å². The number of nitrogens with two attached hydrogens (primary N) is 1. The average Bonchev–Trinajstić information content (AvgIpc) is 2.87. The lowest BCUT2D eigenvalue weighted by atomic mass is 10.3. The average molecular weight is 319 g/mol. The first kappa shape index (κ1) is 15.2. The summed E-state index contributed by atoms with van der Waals surface area (Å²) in [5.74, 6) is -0.0679. The molecule has 0 unspecified atom stereocenters. The highest BCUT2D eigenvalue weighted by atomic mass is 32.2. The fourth-order valence-corrected chi connectivity index (χ4v) is 3.96. The molecule has 1 aromatic rings. The Morgan fingerprint density at radius 2 is 2.15 bits per heavy atom. The SMILES string of the molecule is Nc1csc(S(=O)(=O)NCCC(=O)N2CCOCC2)c1. The third-order valence-corrected chi connectivity index (χ3v) is 5.77. The van der Waals surface area contributed by atoms with Gasteiger partial charge in [0.1, 0.15) is 4.21 Å². The molecule has 2 rings (SSSR count). The minimum Gasteiger partial charge on any atom is -0.398 e. The van der Waals surface area contributed by atoms with E-state index in [0.29, 0.717) is 32.0 Å². The maximum atomic E-state index is 11.9. The van der Waals surface area contributed by atoms with E-state index in [1.165, 1.54) is 6.07 Å². The second kappa shape index (κ2) is 6.53. The molecule has 0 atom stereocenters. The number of carbonyl (C=O) groups is 1. The van der Waals surface area contributed by atoms with Crippen LogP contribution in [0.4, 0.5) is 5.69 Å². The van der Waals surface area contributed by atoms with Gasteiger partial charge in [0.2, 0.25) is 15.9 Å². The Kier molecular flexibility index (Phi) is 4.97. The number of carbonyl (C=O) groups excluding carboxylic acids is 1. The number of nitrogens with zero attached hydrogens (tertiary/aromatic N) is 1. The highest BCUT2D eigenvalue weighted by Gasteiger charge is 2.19. The van der Waals surface area contributed by atoms with E-state index in [-0.39, 0.29) is 23.1 Å². The first-order valence-corrected chi connectivity index (χ1v) is 8.54. The molecule has 0 saturated carbocycles. The zero-order valence-electron chi connectivity index (χ0n) is 10.9. The fraction of sp³-hybridized carbons (Fsp3) is 0.545. The molecule has 0 radical (unpaired) electrons. The van der Waals surface area contributed by atoms with Gasteiger partial charge < -0.3 is 15.4 Å². The molecule has 3 N–H and O–H groups in total. The van der Waals surface area contributed by atoms with E-state index in [9.17, 15) is 13.2 Å². The standard InChI is InChI=1S/C11H17N3O4S2/c12-9-7-11(19-8-9)20(16,17)13-2-1-10(15)14-3-5-18-6-4-14/h7-8,13H,1-6,12H2. The van der Waals surface area contributed by atoms with Crippen LogP contribution in [0.1, 0.15) is 6.42 Å². The Morgan fingerprint density at radius 1 is 1.45 bits per heavy atom. The van der Waals surface area contributed by atoms with Gasteiger partial charge in [0, 0.05) is 37.1 Å². The van der Waals surface area contributed by atoms with E-state index in [1.54, 1.807) is 10.3 Å². The summed E-state index contributed by atoms with van der Waals surface area (Å²) < 4.78 is 31.5. The molecule has 20 heavy (non-hydrogen) atoms. The first-order valence-electron chi connectivity index (χ1n) is 6.18. The molecular weight excluding hydrogens is 302 g/mol. The Bertz CT molecular complexity index is 564. The normalized spacial score (nSPS) is 16.3. The van der Waals surface area contributed by atoms with Crippen LogP contribution in [0.2, 0.25) is 0 Å². The number of anilines is 1. The van der Waals surface area contributed by atoms with Gasteiger partial charge in [-0.1, -0.05) is 0 Å². The predicted molar refractivity (Wildman–Crippen MR) is 75.9 cm³/mol. The number of nitrogen functional groups attached to an aromatic ring is 1. The van der Waals surface area contributed by atoms with Gasteiger partial charge in [-0.2, -0.15) is 0 Å². The molecule has 7 nitrogen and oxygen atoms in total. The van der Waals surface area contributed by atoms with Crippen LogP contribution in [0.3, 0.4) is 0 Å². The van der Waals surface area contributed by atoms with Crippen molar-refractivity contribution >= 4 is 33.0 Å². The van der Waals surface area contributed by atoms with E-state index >= 15 is 0 Å². The van der Waals surface area contributed by atoms with Crippen LogP contribution >= 0.6 is 11.3 Å². The molecule has 0 spiro atoms. The quantitative estimate of drug-likeness (QED) is 0.786. The van der Waals surface area contributed by atoms with Crippen molar-refractivity contribution in [2.24, 2.45) is 0 Å². The molecule has 0 bridgehead atoms. The van der Waals surface area contributed by atoms with Gasteiger partial charge >= 0.3 is 0 Å². The van der Waals surface area contributed by atoms with Crippen LogP contribution in [-0.2, 0) is 19.6 Å². The fourth-order valence-electron chi connectivity index (χ4n) is 1.81. The summed E-state index contributed by atoms with van der Waals surface area (Å²) in [7, 11) is -3.57. The van der Waals surface area contributed by atoms with Crippen molar-refractivity contribution in [1.82, 2.24) is 9.62 Å². The summed E-state index contributed by atoms with van der Waals surface area (Å²) in [5, 5.41) is 1.56. The maximum absolute atomic E-state index is 11.9. The lowest BCUT2D eigenvalue weighted by Gasteiger charge is -2.26. The van der Waals surface area contributed by atoms with Crippen molar-refractivity contribution in [3.05, 3.63) is 11.4 Å². The number of thiophene rings is 1. The molecule has 0 aliphatic carbocycles. The van der Waals surface area contributed by atoms with E-state index in [4.69, 9.17) is 10.5 Å². The summed E-state index contributed by atoms with van der Waals surface area (Å²) in [4.78, 5) is 13.5. The number of morpholine rings is 1. The second-order valence-corrected chi connectivity index (χ2v) is 7.25. The largest absolute Gasteiger partial charge is 0.398 e. The van der Waals surface area contributed by atoms with Crippen molar-refractivity contribution in [2.45, 2.75) is 10.6 Å². The van der Waals surface area contributed by atoms with E-state index in [2.05, 4.69) is 4.72 Å². The summed E-state index contributed by atoms with van der Waals surface area (Å²) in [6.07, 6.45) is 0.139. The lowest BCUT2D eigenvalue weighted by Crippen LogP contribution is -2.41. The minimum atomic E-state index is -3.57. The Balaban J connectivity index is 1.81. The third-order valence-electron chi connectivity index (χ3n) is 2.86. The number of rotatable bonds is 5. The molecule has 0 aromatic carbocycles. The lowest BCUT2D eigenvalue weighted by molar-refractivity contribution is -0.135. The van der Waals surface area contributed by atoms with Crippen LogP contribution in [-0.4, -0.2) is 52.1 Å². The number of ether oxygens (including phenoxy) is 1. The summed E-state index contributed by atoms with van der Waals surface area (Å²) in [5.41, 5.74) is 5.91. The molecule has 1 saturated heterocycles. The zero-order chi connectivity index (χ0) is 14.6. The van der Waals surface area contributed by atoms with E-state index in [0.717, 1.165) is 11.3 Å². The van der Waals surface area contributed by atoms with Crippen LogP contribution in [0, 0.1) is 0 Å². The van der Waals surface area contributed by atoms with E-state index in [1.807, 2.05) is 0 Å². The zero-order valence-corrected chi connectivity index (χ0v) is 12.5. The predicted octanol–water partition coefficient (Wildman–Crippen LogP) is -0.143. The molecule has 1 aromatic heterocycles. The summed E-state index contributed by atoms with van der Waals surface area (Å²) in [6.45, 7) is 2.27. The molecule has 1 amide bonds. The summed E-state index contributed by atoms with van der Waals surface area (Å²) >= 11 is 1.06. The molecule has 2 heterocycles. The number of sulfonamides is 1. The van der Waals surface area contributed by atoms with Crippen LogP contribution in [0.15, 0.2) is 15.7 Å². The monoisotopic (exact) mass is 319 g/mol. The van der Waals surface area contributed by atoms with Crippen molar-refractivity contribution in [3.8, 4) is 0 Å². The van der Waals surface area contributed by atoms with Gasteiger partial charge in [-0.25, -0.2) is 13.1 Å². The molecule has 9 heteroatoms. The Morgan fingerprint density at radius 3 is 2.75 bits per heavy atom. The molecule has 112 valence electrons. The van der Waals surface area contributed by atoms with Gasteiger partial charge in [-0.3, -0.25) is 4.79 Å². The van der Waals surface area contributed by atoms with Crippen molar-refractivity contribution in [3.63, 3.8) is 0 Å². The van der Waals surface area contributed by atoms with Crippen LogP contribution < -0.4 is 10.5 Å². The topological polar surface area (TPSA) is 102 Å². The molecule has 1 fully saturated rings. The highest BCUT2D eigenvalue weighted by Crippen LogP contribution is 2.21. The Labute approximate surface area is 121 Å². The third kappa shape index (κ3) is 3.92. The van der Waals surface area contributed by atoms with Crippen molar-refractivity contribution in [1.29, 1.82) is 0 Å². The number of nitrogens with one attached hydrogen (secondary N) is 1. The second-order valence-electron chi connectivity index (χ2n) is 4.34. The van der Waals surface area contributed by atoms with Crippen molar-refractivity contribution < 1.29 is 17.9 Å². The van der Waals surface area contributed by atoms with Gasteiger partial charge in [0.05, 0.1) is 13.2 Å². The summed E-state index contributed by atoms with van der Waals surface area (Å²) in [6, 6.07) is 1.40. The smallest absolute Gasteiger partial charge is 0.250 e. The van der Waals surface area contributed by atoms with Gasteiger partial charge in [-0.15, -0.1) is 11.3 Å². The molecule has 1 aliphatic heterocycles. The number of amides is 1. The van der Waals surface area contributed by atoms with Crippen LogP contribution in [0.5, 0.6) is 0 Å². The first-order chi connectivity index (χ1) is 9.49. The van der Waals surface area contributed by atoms with Gasteiger partial charge in [-0.05, 0) is 6.07 Å². The molecular formula is C11H17N3O4S2. The minimum absolute atomic E-state index is 0.0679.